The van der Waals surface area contributed by atoms with Crippen LogP contribution in [0.15, 0.2) is 35.7 Å². The lowest BCUT2D eigenvalue weighted by Gasteiger charge is -2.36. The minimum absolute atomic E-state index is 0.0318. The van der Waals surface area contributed by atoms with E-state index in [0.717, 1.165) is 24.2 Å². The summed E-state index contributed by atoms with van der Waals surface area (Å²) in [5.41, 5.74) is 3.14. The Labute approximate surface area is 167 Å². The van der Waals surface area contributed by atoms with Crippen LogP contribution in [0.5, 0.6) is 0 Å². The van der Waals surface area contributed by atoms with Crippen LogP contribution in [-0.2, 0) is 0 Å². The summed E-state index contributed by atoms with van der Waals surface area (Å²) >= 11 is 1.81. The Balaban J connectivity index is 1.74. The summed E-state index contributed by atoms with van der Waals surface area (Å²) in [5.74, 6) is 0.0318. The minimum atomic E-state index is 0.0318. The topological polar surface area (TPSA) is 38.0 Å². The molecule has 1 aliphatic rings. The number of benzene rings is 1. The molecule has 2 heterocycles. The van der Waals surface area contributed by atoms with Crippen LogP contribution in [0.3, 0.4) is 0 Å². The van der Waals surface area contributed by atoms with E-state index in [1.807, 2.05) is 29.5 Å². The van der Waals surface area contributed by atoms with Gasteiger partial charge < -0.3 is 15.1 Å². The van der Waals surface area contributed by atoms with E-state index in [0.29, 0.717) is 6.04 Å². The first kappa shape index (κ1) is 20.1. The molecule has 2 aromatic rings. The number of aryl methyl sites for hydroxylation is 2. The molecule has 2 atom stereocenters. The van der Waals surface area contributed by atoms with Crippen molar-refractivity contribution in [1.82, 2.24) is 5.32 Å². The van der Waals surface area contributed by atoms with Gasteiger partial charge in [-0.2, -0.15) is 0 Å². The molecule has 0 aliphatic carbocycles. The summed E-state index contributed by atoms with van der Waals surface area (Å²) in [4.78, 5) is 17.5. The molecular formula is C22H33N3OS+2. The van der Waals surface area contributed by atoms with Crippen LogP contribution in [0.1, 0.15) is 46.3 Å². The van der Waals surface area contributed by atoms with Gasteiger partial charge in [0.05, 0.1) is 17.5 Å². The smallest absolute Gasteiger partial charge is 0.251 e. The Bertz CT molecular complexity index is 751. The van der Waals surface area contributed by atoms with Crippen molar-refractivity contribution in [3.8, 4) is 0 Å². The van der Waals surface area contributed by atoms with E-state index in [1.54, 1.807) is 9.80 Å². The van der Waals surface area contributed by atoms with E-state index < -0.39 is 0 Å². The molecule has 3 N–H and O–H groups in total. The fourth-order valence-electron chi connectivity index (χ4n) is 4.11. The number of hydrogen-bond donors (Lipinski definition) is 3. The molecule has 1 aliphatic heterocycles. The van der Waals surface area contributed by atoms with Crippen molar-refractivity contribution in [3.05, 3.63) is 57.3 Å². The minimum Gasteiger partial charge on any atom is -0.343 e. The molecule has 1 aromatic carbocycles. The average Bonchev–Trinajstić information content (AvgIpc) is 3.18. The quantitative estimate of drug-likeness (QED) is 0.681. The second-order valence-electron chi connectivity index (χ2n) is 7.82. The van der Waals surface area contributed by atoms with Gasteiger partial charge in [-0.15, -0.1) is 11.3 Å². The van der Waals surface area contributed by atoms with E-state index >= 15 is 0 Å². The molecule has 1 aromatic heterocycles. The summed E-state index contributed by atoms with van der Waals surface area (Å²) in [6.45, 7) is 14.5. The predicted octanol–water partition coefficient (Wildman–Crippen LogP) is 1.03. The number of likely N-dealkylation sites (N-methyl/N-ethyl adjacent to an activating group) is 1. The van der Waals surface area contributed by atoms with E-state index in [4.69, 9.17) is 0 Å². The molecule has 1 fully saturated rings. The molecule has 4 nitrogen and oxygen atoms in total. The number of amides is 1. The van der Waals surface area contributed by atoms with Gasteiger partial charge in [0.1, 0.15) is 32.2 Å². The van der Waals surface area contributed by atoms with Crippen molar-refractivity contribution >= 4 is 17.2 Å². The van der Waals surface area contributed by atoms with Crippen molar-refractivity contribution in [2.45, 2.75) is 39.8 Å². The van der Waals surface area contributed by atoms with Crippen molar-refractivity contribution in [2.24, 2.45) is 0 Å². The zero-order valence-corrected chi connectivity index (χ0v) is 17.8. The molecule has 146 valence electrons. The molecular weight excluding hydrogens is 354 g/mol. The van der Waals surface area contributed by atoms with E-state index in [9.17, 15) is 4.79 Å². The number of hydrogen-bond acceptors (Lipinski definition) is 2. The molecule has 27 heavy (non-hydrogen) atoms. The first-order chi connectivity index (χ1) is 13.0. The highest BCUT2D eigenvalue weighted by molar-refractivity contribution is 7.10. The SMILES string of the molecule is CC[NH+]1CC[NH+]([C@@H](c2cccs2)[C@H](C)NC(=O)c2ccc(C)c(C)c2)CC1. The summed E-state index contributed by atoms with van der Waals surface area (Å²) in [7, 11) is 0. The van der Waals surface area contributed by atoms with Crippen LogP contribution in [0.2, 0.25) is 0 Å². The molecule has 0 unspecified atom stereocenters. The van der Waals surface area contributed by atoms with Gasteiger partial charge >= 0.3 is 0 Å². The zero-order chi connectivity index (χ0) is 19.4. The molecule has 5 heteroatoms. The van der Waals surface area contributed by atoms with E-state index in [2.05, 4.69) is 50.5 Å². The monoisotopic (exact) mass is 387 g/mol. The maximum atomic E-state index is 12.9. The number of carbonyl (C=O) groups excluding carboxylic acids is 1. The Morgan fingerprint density at radius 1 is 1.15 bits per heavy atom. The summed E-state index contributed by atoms with van der Waals surface area (Å²) in [5, 5.41) is 5.44. The van der Waals surface area contributed by atoms with Gasteiger partial charge in [0.2, 0.25) is 0 Å². The highest BCUT2D eigenvalue weighted by atomic mass is 32.1. The molecule has 0 radical (unpaired) electrons. The second kappa shape index (κ2) is 9.00. The maximum Gasteiger partial charge on any atom is 0.251 e. The lowest BCUT2D eigenvalue weighted by molar-refractivity contribution is -1.03. The Kier molecular flexibility index (Phi) is 6.68. The van der Waals surface area contributed by atoms with Crippen LogP contribution in [0, 0.1) is 13.8 Å². The number of piperazine rings is 1. The lowest BCUT2D eigenvalue weighted by atomic mass is 10.0. The van der Waals surface area contributed by atoms with Gasteiger partial charge in [-0.05, 0) is 62.4 Å². The maximum absolute atomic E-state index is 12.9. The van der Waals surface area contributed by atoms with Crippen LogP contribution < -0.4 is 15.1 Å². The fraction of sp³-hybridized carbons (Fsp3) is 0.500. The number of thiophene rings is 1. The number of nitrogens with one attached hydrogen (secondary N) is 3. The highest BCUT2D eigenvalue weighted by Gasteiger charge is 2.35. The third-order valence-electron chi connectivity index (χ3n) is 6.02. The van der Waals surface area contributed by atoms with Crippen LogP contribution in [0.25, 0.3) is 0 Å². The molecule has 3 rings (SSSR count). The van der Waals surface area contributed by atoms with Crippen LogP contribution in [0.4, 0.5) is 0 Å². The third-order valence-corrected chi connectivity index (χ3v) is 6.97. The highest BCUT2D eigenvalue weighted by Crippen LogP contribution is 2.20. The van der Waals surface area contributed by atoms with Gasteiger partial charge in [0, 0.05) is 5.56 Å². The summed E-state index contributed by atoms with van der Waals surface area (Å²) < 4.78 is 0. The molecule has 0 bridgehead atoms. The van der Waals surface area contributed by atoms with Crippen LogP contribution in [-0.4, -0.2) is 44.7 Å². The first-order valence-electron chi connectivity index (χ1n) is 10.1. The normalized spacial score (nSPS) is 22.2. The molecule has 0 saturated carbocycles. The predicted molar refractivity (Wildman–Crippen MR) is 112 cm³/mol. The average molecular weight is 388 g/mol. The Morgan fingerprint density at radius 2 is 1.89 bits per heavy atom. The standard InChI is InChI=1S/C22H31N3OS/c1-5-24-10-12-25(13-11-24)21(20-7-6-14-27-20)18(4)23-22(26)19-9-8-16(2)17(3)15-19/h6-9,14-15,18,21H,5,10-13H2,1-4H3,(H,23,26)/p+2/t18-,21+/m0/s1. The lowest BCUT2D eigenvalue weighted by Crippen LogP contribution is -3.28. The second-order valence-corrected chi connectivity index (χ2v) is 8.80. The van der Waals surface area contributed by atoms with Gasteiger partial charge in [-0.25, -0.2) is 0 Å². The van der Waals surface area contributed by atoms with Gasteiger partial charge in [0.15, 0.2) is 0 Å². The van der Waals surface area contributed by atoms with Crippen molar-refractivity contribution in [3.63, 3.8) is 0 Å². The Hall–Kier alpha value is -1.69. The number of quaternary nitrogens is 2. The van der Waals surface area contributed by atoms with Gasteiger partial charge in [0.25, 0.3) is 5.91 Å². The Morgan fingerprint density at radius 3 is 2.48 bits per heavy atom. The van der Waals surface area contributed by atoms with Crippen LogP contribution >= 0.6 is 11.3 Å². The van der Waals surface area contributed by atoms with Gasteiger partial charge in [-0.1, -0.05) is 12.1 Å². The first-order valence-corrected chi connectivity index (χ1v) is 11.0. The molecule has 1 saturated heterocycles. The third kappa shape index (κ3) is 4.78. The zero-order valence-electron chi connectivity index (χ0n) is 17.0. The summed E-state index contributed by atoms with van der Waals surface area (Å²) in [6, 6.07) is 10.7. The van der Waals surface area contributed by atoms with E-state index in [-0.39, 0.29) is 11.9 Å². The van der Waals surface area contributed by atoms with E-state index in [1.165, 1.54) is 30.1 Å². The largest absolute Gasteiger partial charge is 0.343 e. The van der Waals surface area contributed by atoms with Crippen molar-refractivity contribution in [1.29, 1.82) is 0 Å². The number of carbonyl (C=O) groups is 1. The fourth-order valence-corrected chi connectivity index (χ4v) is 5.10. The van der Waals surface area contributed by atoms with Crippen molar-refractivity contribution < 1.29 is 14.6 Å². The van der Waals surface area contributed by atoms with Crippen molar-refractivity contribution in [2.75, 3.05) is 32.7 Å². The summed E-state index contributed by atoms with van der Waals surface area (Å²) in [6.07, 6.45) is 0. The molecule has 1 amide bonds. The molecule has 0 spiro atoms. The van der Waals surface area contributed by atoms with Gasteiger partial charge in [-0.3, -0.25) is 4.79 Å². The number of rotatable bonds is 6.